The fourth-order valence-corrected chi connectivity index (χ4v) is 5.78. The van der Waals surface area contributed by atoms with Gasteiger partial charge in [0.05, 0.1) is 36.1 Å². The van der Waals surface area contributed by atoms with Gasteiger partial charge in [-0.05, 0) is 41.5 Å². The van der Waals surface area contributed by atoms with E-state index in [1.54, 1.807) is 42.7 Å². The van der Waals surface area contributed by atoms with E-state index in [4.69, 9.17) is 5.73 Å². The number of carbonyl (C=O) groups is 3. The predicted octanol–water partition coefficient (Wildman–Crippen LogP) is 2.69. The standard InChI is InChI=1S/C32H26FN9O3/c33-22-14-26(32(45)39-27-9-7-20-13-24(37-31(20)38-27)18-4-2-1-3-5-18)41(16-22)28(43)17-42-25-8-6-19(21-10-11-35-36-15-21)12-23(25)29(40-42)30(34)44/h1-13,15,20,22,26H,14,16-17H2,(H2,34,44)(H,37,38,39,45). The summed E-state index contributed by atoms with van der Waals surface area (Å²) in [5.41, 5.74) is 9.36. The highest BCUT2D eigenvalue weighted by atomic mass is 19.1. The Morgan fingerprint density at radius 1 is 1.00 bits per heavy atom. The second-order valence-corrected chi connectivity index (χ2v) is 10.9. The predicted molar refractivity (Wildman–Crippen MR) is 164 cm³/mol. The quantitative estimate of drug-likeness (QED) is 0.345. The zero-order valence-electron chi connectivity index (χ0n) is 23.7. The Morgan fingerprint density at radius 2 is 1.84 bits per heavy atom. The van der Waals surface area contributed by atoms with Crippen molar-refractivity contribution in [2.24, 2.45) is 21.6 Å². The molecule has 0 aliphatic carbocycles. The van der Waals surface area contributed by atoms with Crippen LogP contribution in [0.5, 0.6) is 0 Å². The van der Waals surface area contributed by atoms with Crippen molar-refractivity contribution in [2.45, 2.75) is 25.2 Å². The Balaban J connectivity index is 1.08. The number of aromatic nitrogens is 4. The third-order valence-electron chi connectivity index (χ3n) is 7.95. The number of rotatable bonds is 6. The summed E-state index contributed by atoms with van der Waals surface area (Å²) in [5, 5.41) is 15.1. The molecule has 0 spiro atoms. The van der Waals surface area contributed by atoms with E-state index in [0.717, 1.165) is 22.4 Å². The van der Waals surface area contributed by atoms with Crippen LogP contribution < -0.4 is 11.1 Å². The molecule has 3 N–H and O–H groups in total. The molecule has 2 aromatic heterocycles. The molecule has 1 saturated heterocycles. The number of amidine groups is 2. The summed E-state index contributed by atoms with van der Waals surface area (Å²) in [7, 11) is 0. The number of nitrogens with two attached hydrogens (primary N) is 1. The largest absolute Gasteiger partial charge is 0.364 e. The molecule has 0 bridgehead atoms. The lowest BCUT2D eigenvalue weighted by Gasteiger charge is -2.24. The summed E-state index contributed by atoms with van der Waals surface area (Å²) in [4.78, 5) is 49.4. The fraction of sp³-hybridized carbons (Fsp3) is 0.188. The lowest BCUT2D eigenvalue weighted by molar-refractivity contribution is -0.138. The molecule has 0 saturated carbocycles. The average molecular weight is 604 g/mol. The van der Waals surface area contributed by atoms with E-state index in [9.17, 15) is 18.8 Å². The van der Waals surface area contributed by atoms with Crippen LogP contribution in [0.4, 0.5) is 4.39 Å². The van der Waals surface area contributed by atoms with Crippen LogP contribution in [0.2, 0.25) is 0 Å². The summed E-state index contributed by atoms with van der Waals surface area (Å²) in [6, 6.07) is 15.7. The molecule has 5 heterocycles. The Morgan fingerprint density at radius 3 is 2.62 bits per heavy atom. The van der Waals surface area contributed by atoms with E-state index in [-0.39, 0.29) is 37.0 Å². The van der Waals surface area contributed by atoms with Crippen LogP contribution in [0.15, 0.2) is 95.2 Å². The van der Waals surface area contributed by atoms with E-state index in [1.807, 2.05) is 42.5 Å². The number of alkyl halides is 1. The minimum absolute atomic E-state index is 0.0131. The van der Waals surface area contributed by atoms with Crippen molar-refractivity contribution in [2.75, 3.05) is 6.54 Å². The van der Waals surface area contributed by atoms with E-state index in [0.29, 0.717) is 16.7 Å². The zero-order valence-corrected chi connectivity index (χ0v) is 23.7. The number of dihydropyridines is 1. The van der Waals surface area contributed by atoms with Crippen molar-refractivity contribution in [3.8, 4) is 11.1 Å². The molecule has 3 amide bonds. The van der Waals surface area contributed by atoms with Gasteiger partial charge in [0.15, 0.2) is 5.69 Å². The minimum atomic E-state index is -1.39. The van der Waals surface area contributed by atoms with Gasteiger partial charge in [0, 0.05) is 17.4 Å². The number of amides is 3. The smallest absolute Gasteiger partial charge is 0.269 e. The van der Waals surface area contributed by atoms with Gasteiger partial charge >= 0.3 is 0 Å². The first-order valence-corrected chi connectivity index (χ1v) is 14.3. The Hall–Kier alpha value is -5.85. The van der Waals surface area contributed by atoms with E-state index < -0.39 is 29.9 Å². The molecule has 7 rings (SSSR count). The SMILES string of the molecule is NC(=O)c1nn(CC(=O)N2CC(F)CC2C(=O)NC2=NC3=NC(c4ccccc4)=CC3C=C2)c2ccc(-c3ccnnc3)cc12. The van der Waals surface area contributed by atoms with Gasteiger partial charge in [0.1, 0.15) is 30.4 Å². The molecule has 224 valence electrons. The molecule has 3 aliphatic rings. The van der Waals surface area contributed by atoms with Crippen LogP contribution in [-0.2, 0) is 16.1 Å². The van der Waals surface area contributed by atoms with Crippen LogP contribution in [0.3, 0.4) is 0 Å². The van der Waals surface area contributed by atoms with Gasteiger partial charge in [-0.2, -0.15) is 15.3 Å². The van der Waals surface area contributed by atoms with Crippen molar-refractivity contribution in [3.63, 3.8) is 0 Å². The summed E-state index contributed by atoms with van der Waals surface area (Å²) < 4.78 is 16.0. The number of nitrogens with zero attached hydrogens (tertiary/aromatic N) is 7. The van der Waals surface area contributed by atoms with Gasteiger partial charge in [-0.1, -0.05) is 42.5 Å². The first kappa shape index (κ1) is 28.0. The molecular weight excluding hydrogens is 577 g/mol. The normalized spacial score (nSPS) is 20.4. The molecule has 0 radical (unpaired) electrons. The molecule has 3 aliphatic heterocycles. The summed E-state index contributed by atoms with van der Waals surface area (Å²) >= 11 is 0. The van der Waals surface area contributed by atoms with E-state index in [2.05, 4.69) is 30.6 Å². The Kier molecular flexibility index (Phi) is 7.04. The topological polar surface area (TPSA) is 161 Å². The lowest BCUT2D eigenvalue weighted by atomic mass is 10.0. The third kappa shape index (κ3) is 5.39. The van der Waals surface area contributed by atoms with Crippen LogP contribution in [0.1, 0.15) is 22.5 Å². The molecular formula is C32H26FN9O3. The average Bonchev–Trinajstić information content (AvgIpc) is 3.76. The highest BCUT2D eigenvalue weighted by molar-refractivity contribution is 6.15. The molecule has 45 heavy (non-hydrogen) atoms. The first-order valence-electron chi connectivity index (χ1n) is 14.3. The maximum atomic E-state index is 14.7. The Labute approximate surface area is 255 Å². The molecule has 13 heteroatoms. The highest BCUT2D eigenvalue weighted by Crippen LogP contribution is 2.30. The third-order valence-corrected chi connectivity index (χ3v) is 7.95. The number of nitrogens with one attached hydrogen (secondary N) is 1. The number of hydrogen-bond acceptors (Lipinski definition) is 8. The summed E-state index contributed by atoms with van der Waals surface area (Å²) in [6.45, 7) is -0.580. The number of fused-ring (bicyclic) bond motifs is 2. The number of halogens is 1. The Bertz CT molecular complexity index is 1970. The monoisotopic (exact) mass is 603 g/mol. The van der Waals surface area contributed by atoms with Gasteiger partial charge in [-0.25, -0.2) is 14.4 Å². The molecule has 3 unspecified atom stereocenters. The maximum Gasteiger partial charge on any atom is 0.269 e. The molecule has 3 atom stereocenters. The maximum absolute atomic E-state index is 14.7. The number of hydrogen-bond donors (Lipinski definition) is 2. The minimum Gasteiger partial charge on any atom is -0.364 e. The van der Waals surface area contributed by atoms with Crippen molar-refractivity contribution in [1.29, 1.82) is 0 Å². The lowest BCUT2D eigenvalue weighted by Crippen LogP contribution is -2.48. The molecule has 2 aromatic carbocycles. The first-order chi connectivity index (χ1) is 21.8. The second-order valence-electron chi connectivity index (χ2n) is 10.9. The van der Waals surface area contributed by atoms with Crippen LogP contribution >= 0.6 is 0 Å². The zero-order chi connectivity index (χ0) is 31.1. The van der Waals surface area contributed by atoms with Gasteiger partial charge in [-0.15, -0.1) is 0 Å². The number of primary amides is 1. The van der Waals surface area contributed by atoms with Crippen LogP contribution in [0, 0.1) is 5.92 Å². The van der Waals surface area contributed by atoms with Gasteiger partial charge < -0.3 is 16.0 Å². The van der Waals surface area contributed by atoms with Crippen LogP contribution in [0.25, 0.3) is 27.7 Å². The van der Waals surface area contributed by atoms with Gasteiger partial charge in [0.2, 0.25) is 11.8 Å². The number of benzene rings is 2. The summed E-state index contributed by atoms with van der Waals surface area (Å²) in [5.74, 6) is -1.17. The van der Waals surface area contributed by atoms with Crippen molar-refractivity contribution >= 4 is 46.0 Å². The van der Waals surface area contributed by atoms with Crippen molar-refractivity contribution in [3.05, 3.63) is 96.5 Å². The fourth-order valence-electron chi connectivity index (χ4n) is 5.78. The number of carbonyl (C=O) groups excluding carboxylic acids is 3. The van der Waals surface area contributed by atoms with Crippen LogP contribution in [-0.4, -0.2) is 73.0 Å². The molecule has 1 fully saturated rings. The van der Waals surface area contributed by atoms with E-state index in [1.165, 1.54) is 9.58 Å². The number of likely N-dealkylation sites (tertiary alicyclic amines) is 1. The van der Waals surface area contributed by atoms with Crippen molar-refractivity contribution < 1.29 is 18.8 Å². The second kappa shape index (κ2) is 11.3. The van der Waals surface area contributed by atoms with Crippen molar-refractivity contribution in [1.82, 2.24) is 30.2 Å². The molecule has 4 aromatic rings. The van der Waals surface area contributed by atoms with Gasteiger partial charge in [0.25, 0.3) is 5.91 Å². The van der Waals surface area contributed by atoms with E-state index >= 15 is 0 Å². The number of aliphatic imine (C=N–C) groups is 2. The summed E-state index contributed by atoms with van der Waals surface area (Å²) in [6.07, 6.45) is 7.13. The van der Waals surface area contributed by atoms with Gasteiger partial charge in [-0.3, -0.25) is 19.1 Å². The molecule has 12 nitrogen and oxygen atoms in total. The highest BCUT2D eigenvalue weighted by Gasteiger charge is 2.40.